The van der Waals surface area contributed by atoms with Crippen LogP contribution in [0.25, 0.3) is 11.0 Å². The van der Waals surface area contributed by atoms with Crippen molar-refractivity contribution in [2.45, 2.75) is 38.5 Å². The van der Waals surface area contributed by atoms with E-state index in [0.29, 0.717) is 25.3 Å². The van der Waals surface area contributed by atoms with Crippen molar-refractivity contribution in [3.63, 3.8) is 0 Å². The van der Waals surface area contributed by atoms with Crippen molar-refractivity contribution < 1.29 is 19.4 Å². The molecule has 0 saturated carbocycles. The first-order chi connectivity index (χ1) is 10.6. The average Bonchev–Trinajstić information content (AvgIpc) is 3.11. The molecule has 22 heavy (non-hydrogen) atoms. The van der Waals surface area contributed by atoms with Gasteiger partial charge in [-0.25, -0.2) is 9.78 Å². The highest BCUT2D eigenvalue weighted by molar-refractivity contribution is 5.95. The van der Waals surface area contributed by atoms with E-state index in [1.165, 1.54) is 0 Å². The zero-order valence-corrected chi connectivity index (χ0v) is 12.2. The molecule has 1 amide bonds. The van der Waals surface area contributed by atoms with Crippen LogP contribution in [0.1, 0.15) is 19.8 Å². The van der Waals surface area contributed by atoms with Crippen LogP contribution in [-0.2, 0) is 20.9 Å². The number of nitrogens with zero attached hydrogens (tertiary/aromatic N) is 2. The minimum absolute atomic E-state index is 0.345. The van der Waals surface area contributed by atoms with Crippen LogP contribution in [0.2, 0.25) is 0 Å². The van der Waals surface area contributed by atoms with E-state index in [9.17, 15) is 9.59 Å². The Hall–Kier alpha value is -2.41. The fourth-order valence-electron chi connectivity index (χ4n) is 2.69. The minimum Gasteiger partial charge on any atom is -0.479 e. The Bertz CT molecular complexity index is 725. The summed E-state index contributed by atoms with van der Waals surface area (Å²) in [4.78, 5) is 27.5. The summed E-state index contributed by atoms with van der Waals surface area (Å²) in [7, 11) is 0. The summed E-state index contributed by atoms with van der Waals surface area (Å²) in [5.74, 6) is -0.930. The Balaban J connectivity index is 1.78. The molecule has 1 aliphatic heterocycles. The molecule has 1 fully saturated rings. The number of amides is 1. The number of fused-ring (bicyclic) bond motifs is 1. The Labute approximate surface area is 126 Å². The number of aryl methyl sites for hydroxylation is 1. The van der Waals surface area contributed by atoms with Gasteiger partial charge in [-0.2, -0.15) is 0 Å². The summed E-state index contributed by atoms with van der Waals surface area (Å²) >= 11 is 0. The molecular weight excluding hydrogens is 286 g/mol. The molecule has 1 saturated heterocycles. The van der Waals surface area contributed by atoms with Gasteiger partial charge in [-0.05, 0) is 31.9 Å². The standard InChI is InChI=1S/C15H17N3O4/c1-2-18-10-6-4-3-5-9(10)16-15(18)17-13(19)11-7-8-12(22-11)14(20)21/h3-6,11-12H,2,7-8H2,1H3,(H,20,21)(H,16,17,19)/t11-,12+/m0/s1. The second kappa shape index (κ2) is 5.76. The molecule has 0 radical (unpaired) electrons. The number of para-hydroxylation sites is 2. The lowest BCUT2D eigenvalue weighted by molar-refractivity contribution is -0.150. The molecule has 1 aliphatic rings. The number of carboxylic acids is 1. The first kappa shape index (κ1) is 14.5. The van der Waals surface area contributed by atoms with E-state index in [1.807, 2.05) is 35.8 Å². The zero-order valence-electron chi connectivity index (χ0n) is 12.2. The van der Waals surface area contributed by atoms with Gasteiger partial charge >= 0.3 is 5.97 Å². The van der Waals surface area contributed by atoms with E-state index in [2.05, 4.69) is 10.3 Å². The van der Waals surface area contributed by atoms with Gasteiger partial charge < -0.3 is 14.4 Å². The van der Waals surface area contributed by atoms with Crippen LogP contribution in [0.4, 0.5) is 5.95 Å². The minimum atomic E-state index is -1.03. The molecular formula is C15H17N3O4. The Morgan fingerprint density at radius 2 is 2.09 bits per heavy atom. The monoisotopic (exact) mass is 303 g/mol. The van der Waals surface area contributed by atoms with E-state index < -0.39 is 18.2 Å². The third-order valence-electron chi connectivity index (χ3n) is 3.79. The third-order valence-corrected chi connectivity index (χ3v) is 3.79. The molecule has 2 atom stereocenters. The zero-order chi connectivity index (χ0) is 15.7. The molecule has 1 aromatic carbocycles. The molecule has 3 rings (SSSR count). The fraction of sp³-hybridized carbons (Fsp3) is 0.400. The average molecular weight is 303 g/mol. The highest BCUT2D eigenvalue weighted by atomic mass is 16.5. The van der Waals surface area contributed by atoms with Gasteiger partial charge in [0, 0.05) is 6.54 Å². The highest BCUT2D eigenvalue weighted by Gasteiger charge is 2.35. The molecule has 0 bridgehead atoms. The number of carbonyl (C=O) groups is 2. The van der Waals surface area contributed by atoms with Gasteiger partial charge in [-0.3, -0.25) is 10.1 Å². The first-order valence-corrected chi connectivity index (χ1v) is 7.24. The van der Waals surface area contributed by atoms with E-state index in [4.69, 9.17) is 9.84 Å². The summed E-state index contributed by atoms with van der Waals surface area (Å²) in [6.45, 7) is 2.63. The second-order valence-corrected chi connectivity index (χ2v) is 5.19. The van der Waals surface area contributed by atoms with Crippen LogP contribution in [0.3, 0.4) is 0 Å². The first-order valence-electron chi connectivity index (χ1n) is 7.24. The number of carboxylic acid groups (broad SMARTS) is 1. The van der Waals surface area contributed by atoms with Crippen molar-refractivity contribution in [1.82, 2.24) is 9.55 Å². The van der Waals surface area contributed by atoms with Crippen LogP contribution in [0.5, 0.6) is 0 Å². The molecule has 116 valence electrons. The van der Waals surface area contributed by atoms with Crippen LogP contribution in [0.15, 0.2) is 24.3 Å². The van der Waals surface area contributed by atoms with Crippen LogP contribution < -0.4 is 5.32 Å². The number of carbonyl (C=O) groups excluding carboxylic acids is 1. The fourth-order valence-corrected chi connectivity index (χ4v) is 2.69. The Morgan fingerprint density at radius 1 is 1.36 bits per heavy atom. The number of nitrogens with one attached hydrogen (secondary N) is 1. The SMILES string of the molecule is CCn1c(NC(=O)[C@@H]2CC[C@H](C(=O)O)O2)nc2ccccc21. The predicted molar refractivity (Wildman–Crippen MR) is 79.6 cm³/mol. The largest absolute Gasteiger partial charge is 0.479 e. The van der Waals surface area contributed by atoms with Gasteiger partial charge in [0.2, 0.25) is 5.95 Å². The predicted octanol–water partition coefficient (Wildman–Crippen LogP) is 1.63. The lowest BCUT2D eigenvalue weighted by Crippen LogP contribution is -2.30. The van der Waals surface area contributed by atoms with Crippen molar-refractivity contribution >= 4 is 28.9 Å². The number of aromatic nitrogens is 2. The maximum atomic E-state index is 12.2. The summed E-state index contributed by atoms with van der Waals surface area (Å²) in [6, 6.07) is 7.62. The number of ether oxygens (including phenoxy) is 1. The van der Waals surface area contributed by atoms with Gasteiger partial charge in [-0.15, -0.1) is 0 Å². The molecule has 1 aromatic heterocycles. The molecule has 0 spiro atoms. The van der Waals surface area contributed by atoms with E-state index in [1.54, 1.807) is 0 Å². The van der Waals surface area contributed by atoms with Gasteiger partial charge in [0.15, 0.2) is 6.10 Å². The molecule has 0 aliphatic carbocycles. The van der Waals surface area contributed by atoms with Crippen molar-refractivity contribution in [3.8, 4) is 0 Å². The van der Waals surface area contributed by atoms with Crippen LogP contribution in [0, 0.1) is 0 Å². The molecule has 0 unspecified atom stereocenters. The van der Waals surface area contributed by atoms with Crippen LogP contribution in [-0.4, -0.2) is 38.7 Å². The number of hydrogen-bond donors (Lipinski definition) is 2. The summed E-state index contributed by atoms with van der Waals surface area (Å²) in [5.41, 5.74) is 1.74. The van der Waals surface area contributed by atoms with Gasteiger partial charge in [0.05, 0.1) is 11.0 Å². The maximum Gasteiger partial charge on any atom is 0.332 e. The number of aliphatic carboxylic acids is 1. The molecule has 2 N–H and O–H groups in total. The number of rotatable bonds is 4. The summed E-state index contributed by atoms with van der Waals surface area (Å²) < 4.78 is 7.16. The topological polar surface area (TPSA) is 93.5 Å². The Kier molecular flexibility index (Phi) is 3.81. The lowest BCUT2D eigenvalue weighted by Gasteiger charge is -2.12. The van der Waals surface area contributed by atoms with E-state index >= 15 is 0 Å². The third kappa shape index (κ3) is 2.55. The van der Waals surface area contributed by atoms with Gasteiger partial charge in [0.25, 0.3) is 5.91 Å². The summed E-state index contributed by atoms with van der Waals surface area (Å²) in [6.07, 6.45) is -0.904. The smallest absolute Gasteiger partial charge is 0.332 e. The van der Waals surface area contributed by atoms with E-state index in [0.717, 1.165) is 11.0 Å². The van der Waals surface area contributed by atoms with Gasteiger partial charge in [-0.1, -0.05) is 12.1 Å². The van der Waals surface area contributed by atoms with E-state index in [-0.39, 0.29) is 5.91 Å². The van der Waals surface area contributed by atoms with Crippen molar-refractivity contribution in [3.05, 3.63) is 24.3 Å². The molecule has 7 heteroatoms. The number of imidazole rings is 1. The molecule has 7 nitrogen and oxygen atoms in total. The lowest BCUT2D eigenvalue weighted by atomic mass is 10.2. The number of benzene rings is 1. The van der Waals surface area contributed by atoms with Crippen molar-refractivity contribution in [2.75, 3.05) is 5.32 Å². The quantitative estimate of drug-likeness (QED) is 0.895. The number of hydrogen-bond acceptors (Lipinski definition) is 4. The highest BCUT2D eigenvalue weighted by Crippen LogP contribution is 2.23. The second-order valence-electron chi connectivity index (χ2n) is 5.19. The molecule has 2 heterocycles. The van der Waals surface area contributed by atoms with Gasteiger partial charge in [0.1, 0.15) is 6.10 Å². The number of anilines is 1. The Morgan fingerprint density at radius 3 is 2.77 bits per heavy atom. The van der Waals surface area contributed by atoms with Crippen molar-refractivity contribution in [2.24, 2.45) is 0 Å². The normalized spacial score (nSPS) is 21.1. The molecule has 2 aromatic rings. The van der Waals surface area contributed by atoms with Crippen molar-refractivity contribution in [1.29, 1.82) is 0 Å². The van der Waals surface area contributed by atoms with Crippen LogP contribution >= 0.6 is 0 Å². The maximum absolute atomic E-state index is 12.2. The summed E-state index contributed by atoms with van der Waals surface area (Å²) in [5, 5.41) is 11.7.